The highest BCUT2D eigenvalue weighted by molar-refractivity contribution is 5.71. The molecule has 48 heavy (non-hydrogen) atoms. The lowest BCUT2D eigenvalue weighted by molar-refractivity contribution is 0.281. The highest BCUT2D eigenvalue weighted by Gasteiger charge is 2.05. The Morgan fingerprint density at radius 3 is 1.29 bits per heavy atom. The molecular formula is C41H55F2NO4. The molecule has 0 aliphatic carbocycles. The van der Waals surface area contributed by atoms with Gasteiger partial charge in [-0.25, -0.2) is 8.78 Å². The molecule has 0 atom stereocenters. The number of ether oxygens (including phenoxy) is 2. The number of rotatable bonds is 26. The van der Waals surface area contributed by atoms with Crippen LogP contribution in [0.1, 0.15) is 125 Å². The largest absolute Gasteiger partial charge is 0.491 e. The number of aliphatic hydroxyl groups is 2. The zero-order chi connectivity index (χ0) is 34.1. The van der Waals surface area contributed by atoms with Crippen LogP contribution in [0.3, 0.4) is 0 Å². The highest BCUT2D eigenvalue weighted by atomic mass is 19.1. The van der Waals surface area contributed by atoms with Gasteiger partial charge in [-0.1, -0.05) is 113 Å². The molecule has 3 aromatic rings. The monoisotopic (exact) mass is 663 g/mol. The van der Waals surface area contributed by atoms with Crippen LogP contribution in [0.5, 0.6) is 11.5 Å². The summed E-state index contributed by atoms with van der Waals surface area (Å²) < 4.78 is 40.5. The summed E-state index contributed by atoms with van der Waals surface area (Å²) in [5.41, 5.74) is 3.09. The van der Waals surface area contributed by atoms with Crippen molar-refractivity contribution in [1.29, 1.82) is 0 Å². The summed E-state index contributed by atoms with van der Waals surface area (Å²) in [5.74, 6) is -0.197. The van der Waals surface area contributed by atoms with E-state index in [-0.39, 0.29) is 36.3 Å². The molecule has 0 bridgehead atoms. The van der Waals surface area contributed by atoms with E-state index in [0.29, 0.717) is 13.2 Å². The Hall–Kier alpha value is -3.55. The molecule has 7 heteroatoms. The Morgan fingerprint density at radius 2 is 0.875 bits per heavy atom. The van der Waals surface area contributed by atoms with Crippen LogP contribution in [0.25, 0.3) is 24.3 Å². The lowest BCUT2D eigenvalue weighted by Crippen LogP contribution is -1.99. The van der Waals surface area contributed by atoms with Gasteiger partial charge in [-0.3, -0.25) is 4.98 Å². The van der Waals surface area contributed by atoms with E-state index in [2.05, 4.69) is 4.98 Å². The second kappa shape index (κ2) is 24.6. The number of hydrogen-bond donors (Lipinski definition) is 2. The summed E-state index contributed by atoms with van der Waals surface area (Å²) in [6.45, 7) is 1.58. The highest BCUT2D eigenvalue weighted by Crippen LogP contribution is 2.22. The van der Waals surface area contributed by atoms with E-state index in [1.54, 1.807) is 18.3 Å². The molecule has 0 aliphatic heterocycles. The predicted octanol–water partition coefficient (Wildman–Crippen LogP) is 10.7. The molecule has 0 fully saturated rings. The molecule has 0 spiro atoms. The van der Waals surface area contributed by atoms with Crippen LogP contribution >= 0.6 is 0 Å². The first kappa shape index (κ1) is 38.9. The van der Waals surface area contributed by atoms with E-state index < -0.39 is 0 Å². The van der Waals surface area contributed by atoms with E-state index in [0.717, 1.165) is 86.6 Å². The topological polar surface area (TPSA) is 71.8 Å². The summed E-state index contributed by atoms with van der Waals surface area (Å²) >= 11 is 0. The molecule has 0 radical (unpaired) electrons. The van der Waals surface area contributed by atoms with Crippen molar-refractivity contribution in [1.82, 2.24) is 4.98 Å². The summed E-state index contributed by atoms with van der Waals surface area (Å²) in [6.07, 6.45) is 26.5. The molecule has 3 rings (SSSR count). The molecule has 5 nitrogen and oxygen atoms in total. The van der Waals surface area contributed by atoms with Crippen LogP contribution in [0.15, 0.2) is 54.7 Å². The van der Waals surface area contributed by atoms with Gasteiger partial charge in [-0.2, -0.15) is 0 Å². The van der Waals surface area contributed by atoms with Crippen LogP contribution in [0.2, 0.25) is 0 Å². The number of nitrogens with zero attached hydrogens (tertiary/aromatic N) is 1. The van der Waals surface area contributed by atoms with Gasteiger partial charge in [0, 0.05) is 19.4 Å². The molecule has 2 N–H and O–H groups in total. The third-order valence-electron chi connectivity index (χ3n) is 8.26. The fraction of sp³-hybridized carbons (Fsp3) is 0.488. The Balaban J connectivity index is 1.34. The number of aliphatic hydroxyl groups excluding tert-OH is 2. The van der Waals surface area contributed by atoms with Crippen molar-refractivity contribution in [3.63, 3.8) is 0 Å². The maximum Gasteiger partial charge on any atom is 0.165 e. The molecule has 0 saturated carbocycles. The smallest absolute Gasteiger partial charge is 0.165 e. The van der Waals surface area contributed by atoms with Gasteiger partial charge in [0.2, 0.25) is 0 Å². The SMILES string of the molecule is OCCCCCCCCCCOc1ccc(C=Cc2ccc(C=Cc3ccc(OCCCCCCCCCCO)c(F)c3)nc2)cc1F. The standard InChI is InChI=1S/C41H55F2NO4/c42-38-31-34(21-25-40(38)47-29-15-11-7-3-1-5-9-13-27-45)17-18-36-20-24-37(44-33-36)23-19-35-22-26-41(39(43)32-35)48-30-16-12-8-4-2-6-10-14-28-46/h17-26,31-33,45-46H,1-16,27-30H2. The van der Waals surface area contributed by atoms with Crippen LogP contribution < -0.4 is 9.47 Å². The predicted molar refractivity (Wildman–Crippen MR) is 194 cm³/mol. The molecule has 0 unspecified atom stereocenters. The van der Waals surface area contributed by atoms with E-state index in [1.807, 2.05) is 48.6 Å². The lowest BCUT2D eigenvalue weighted by atomic mass is 10.1. The van der Waals surface area contributed by atoms with E-state index in [4.69, 9.17) is 19.7 Å². The first-order chi connectivity index (χ1) is 23.6. The van der Waals surface area contributed by atoms with Gasteiger partial charge < -0.3 is 19.7 Å². The minimum absolute atomic E-state index is 0.274. The molecule has 2 aromatic carbocycles. The second-order valence-electron chi connectivity index (χ2n) is 12.4. The van der Waals surface area contributed by atoms with Crippen molar-refractivity contribution in [2.45, 2.75) is 103 Å². The first-order valence-corrected chi connectivity index (χ1v) is 18.0. The fourth-order valence-electron chi connectivity index (χ4n) is 5.38. The van der Waals surface area contributed by atoms with Crippen molar-refractivity contribution in [3.05, 3.63) is 88.7 Å². The van der Waals surface area contributed by atoms with Crippen molar-refractivity contribution in [3.8, 4) is 11.5 Å². The number of hydrogen-bond acceptors (Lipinski definition) is 5. The van der Waals surface area contributed by atoms with Gasteiger partial charge in [0.05, 0.1) is 18.9 Å². The molecule has 0 amide bonds. The van der Waals surface area contributed by atoms with Crippen molar-refractivity contribution in [2.24, 2.45) is 0 Å². The maximum absolute atomic E-state index is 14.6. The molecule has 262 valence electrons. The average molecular weight is 664 g/mol. The maximum atomic E-state index is 14.6. The summed E-state index contributed by atoms with van der Waals surface area (Å²) in [6, 6.07) is 13.8. The minimum Gasteiger partial charge on any atom is -0.491 e. The van der Waals surface area contributed by atoms with Gasteiger partial charge in [0.1, 0.15) is 0 Å². The zero-order valence-electron chi connectivity index (χ0n) is 28.6. The second-order valence-corrected chi connectivity index (χ2v) is 12.4. The van der Waals surface area contributed by atoms with Gasteiger partial charge in [0.25, 0.3) is 0 Å². The summed E-state index contributed by atoms with van der Waals surface area (Å²) in [7, 11) is 0. The Kier molecular flexibility index (Phi) is 19.9. The Bertz CT molecular complexity index is 1240. The summed E-state index contributed by atoms with van der Waals surface area (Å²) in [5, 5.41) is 17.6. The van der Waals surface area contributed by atoms with E-state index >= 15 is 0 Å². The van der Waals surface area contributed by atoms with Crippen LogP contribution in [-0.4, -0.2) is 41.6 Å². The lowest BCUT2D eigenvalue weighted by Gasteiger charge is -2.08. The van der Waals surface area contributed by atoms with Gasteiger partial charge in [-0.15, -0.1) is 0 Å². The molecule has 0 aliphatic rings. The van der Waals surface area contributed by atoms with Crippen molar-refractivity contribution < 1.29 is 28.5 Å². The quantitative estimate of drug-likeness (QED) is 0.0837. The minimum atomic E-state index is -0.376. The number of aromatic nitrogens is 1. The van der Waals surface area contributed by atoms with Crippen molar-refractivity contribution in [2.75, 3.05) is 26.4 Å². The van der Waals surface area contributed by atoms with Gasteiger partial charge in [0.15, 0.2) is 23.1 Å². The first-order valence-electron chi connectivity index (χ1n) is 18.0. The van der Waals surface area contributed by atoms with Gasteiger partial charge >= 0.3 is 0 Å². The van der Waals surface area contributed by atoms with E-state index in [1.165, 1.54) is 50.7 Å². The van der Waals surface area contributed by atoms with Crippen LogP contribution in [0.4, 0.5) is 8.78 Å². The molecule has 1 aromatic heterocycles. The zero-order valence-corrected chi connectivity index (χ0v) is 28.6. The fourth-order valence-corrected chi connectivity index (χ4v) is 5.38. The third-order valence-corrected chi connectivity index (χ3v) is 8.26. The molecule has 1 heterocycles. The Labute approximate surface area is 286 Å². The normalized spacial score (nSPS) is 11.6. The van der Waals surface area contributed by atoms with Crippen molar-refractivity contribution >= 4 is 24.3 Å². The van der Waals surface area contributed by atoms with Gasteiger partial charge in [-0.05, 0) is 78.8 Å². The average Bonchev–Trinajstić information content (AvgIpc) is 3.10. The van der Waals surface area contributed by atoms with Crippen LogP contribution in [0, 0.1) is 11.6 Å². The van der Waals surface area contributed by atoms with E-state index in [9.17, 15) is 8.78 Å². The number of halogens is 2. The number of pyridine rings is 1. The molecule has 0 saturated heterocycles. The van der Waals surface area contributed by atoms with Crippen LogP contribution in [-0.2, 0) is 0 Å². The molecular weight excluding hydrogens is 608 g/mol. The number of unbranched alkanes of at least 4 members (excludes halogenated alkanes) is 14. The third kappa shape index (κ3) is 16.5. The number of benzene rings is 2. The summed E-state index contributed by atoms with van der Waals surface area (Å²) in [4.78, 5) is 4.47. The Morgan fingerprint density at radius 1 is 0.479 bits per heavy atom.